The van der Waals surface area contributed by atoms with Crippen molar-refractivity contribution >= 4 is 28.8 Å². The molecule has 0 aliphatic heterocycles. The molecular formula is C19H21N5O3. The molecule has 0 unspecified atom stereocenters. The molecule has 8 nitrogen and oxygen atoms in total. The number of hydrogen-bond acceptors (Lipinski definition) is 4. The molecule has 0 aliphatic rings. The summed E-state index contributed by atoms with van der Waals surface area (Å²) in [7, 11) is 1.59. The van der Waals surface area contributed by atoms with Crippen molar-refractivity contribution in [3.8, 4) is 11.5 Å². The molecule has 3 aromatic rings. The van der Waals surface area contributed by atoms with Crippen LogP contribution in [0.5, 0.6) is 11.5 Å². The van der Waals surface area contributed by atoms with E-state index in [-0.39, 0.29) is 18.1 Å². The Balaban J connectivity index is 1.76. The van der Waals surface area contributed by atoms with E-state index in [1.165, 1.54) is 4.57 Å². The van der Waals surface area contributed by atoms with Gasteiger partial charge >= 0.3 is 12.1 Å². The summed E-state index contributed by atoms with van der Waals surface area (Å²) in [6, 6.07) is 10.1. The van der Waals surface area contributed by atoms with Crippen LogP contribution in [0.2, 0.25) is 0 Å². The number of rotatable bonds is 4. The molecule has 2 aromatic heterocycles. The van der Waals surface area contributed by atoms with E-state index in [1.54, 1.807) is 37.6 Å². The van der Waals surface area contributed by atoms with Crippen LogP contribution in [0.3, 0.4) is 0 Å². The lowest BCUT2D eigenvalue weighted by Gasteiger charge is -2.11. The number of amides is 3. The Morgan fingerprint density at radius 3 is 2.63 bits per heavy atom. The summed E-state index contributed by atoms with van der Waals surface area (Å²) in [5.74, 6) is 1.54. The Morgan fingerprint density at radius 2 is 1.89 bits per heavy atom. The molecule has 3 amide bonds. The maximum absolute atomic E-state index is 11.8. The summed E-state index contributed by atoms with van der Waals surface area (Å²) in [5, 5.41) is 8.86. The Labute approximate surface area is 156 Å². The molecule has 27 heavy (non-hydrogen) atoms. The Morgan fingerprint density at radius 1 is 1.11 bits per heavy atom. The van der Waals surface area contributed by atoms with Gasteiger partial charge in [-0.05, 0) is 44.2 Å². The number of ether oxygens (including phenoxy) is 1. The number of carbonyl (C=O) groups is 2. The van der Waals surface area contributed by atoms with Gasteiger partial charge in [0.25, 0.3) is 0 Å². The number of benzene rings is 1. The maximum atomic E-state index is 11.8. The van der Waals surface area contributed by atoms with Crippen molar-refractivity contribution in [3.05, 3.63) is 48.8 Å². The largest absolute Gasteiger partial charge is 0.457 e. The monoisotopic (exact) mass is 367 g/mol. The van der Waals surface area contributed by atoms with E-state index in [9.17, 15) is 9.59 Å². The minimum absolute atomic E-state index is 0.0262. The second-order valence-corrected chi connectivity index (χ2v) is 6.19. The van der Waals surface area contributed by atoms with Gasteiger partial charge in [0, 0.05) is 36.9 Å². The van der Waals surface area contributed by atoms with E-state index in [4.69, 9.17) is 4.74 Å². The summed E-state index contributed by atoms with van der Waals surface area (Å²) >= 11 is 0. The van der Waals surface area contributed by atoms with Gasteiger partial charge in [0.2, 0.25) is 0 Å². The highest BCUT2D eigenvalue weighted by atomic mass is 16.5. The second kappa shape index (κ2) is 7.77. The number of aromatic nitrogens is 2. The molecule has 0 aliphatic carbocycles. The van der Waals surface area contributed by atoms with Crippen molar-refractivity contribution in [3.63, 3.8) is 0 Å². The molecular weight excluding hydrogens is 346 g/mol. The molecule has 3 rings (SSSR count). The van der Waals surface area contributed by atoms with Crippen molar-refractivity contribution in [2.45, 2.75) is 19.9 Å². The van der Waals surface area contributed by atoms with Crippen LogP contribution in [-0.2, 0) is 0 Å². The molecule has 0 radical (unpaired) electrons. The minimum atomic E-state index is -0.327. The second-order valence-electron chi connectivity index (χ2n) is 6.19. The van der Waals surface area contributed by atoms with Crippen LogP contribution in [0, 0.1) is 0 Å². The Bertz CT molecular complexity index is 980. The van der Waals surface area contributed by atoms with Crippen LogP contribution in [0.1, 0.15) is 13.8 Å². The summed E-state index contributed by atoms with van der Waals surface area (Å²) in [5.41, 5.74) is 0.782. The van der Waals surface area contributed by atoms with E-state index in [1.807, 2.05) is 32.0 Å². The lowest BCUT2D eigenvalue weighted by atomic mass is 10.2. The number of carbonyl (C=O) groups excluding carboxylic acids is 2. The van der Waals surface area contributed by atoms with Gasteiger partial charge in [-0.2, -0.15) is 0 Å². The number of pyridine rings is 1. The number of urea groups is 1. The zero-order chi connectivity index (χ0) is 19.4. The first-order chi connectivity index (χ1) is 13.0. The summed E-state index contributed by atoms with van der Waals surface area (Å²) < 4.78 is 7.39. The van der Waals surface area contributed by atoms with Crippen LogP contribution in [0.4, 0.5) is 15.4 Å². The van der Waals surface area contributed by atoms with E-state index in [2.05, 4.69) is 20.9 Å². The van der Waals surface area contributed by atoms with Crippen molar-refractivity contribution < 1.29 is 14.3 Å². The van der Waals surface area contributed by atoms with E-state index < -0.39 is 0 Å². The third-order valence-corrected chi connectivity index (χ3v) is 3.72. The highest BCUT2D eigenvalue weighted by Gasteiger charge is 2.09. The number of nitrogens with zero attached hydrogens (tertiary/aromatic N) is 2. The van der Waals surface area contributed by atoms with E-state index in [0.717, 1.165) is 10.9 Å². The standard InChI is InChI=1S/C19H21N5O3/c1-12(2)22-18(25)23-17-11-15(6-8-21-17)27-14-4-5-16-13(10-14)7-9-24(16)19(26)20-3/h4-12H,1-3H3,(H,20,26)(H2,21,22,23,25). The smallest absolute Gasteiger partial charge is 0.325 e. The van der Waals surface area contributed by atoms with Gasteiger partial charge in [0.05, 0.1) is 5.52 Å². The summed E-state index contributed by atoms with van der Waals surface area (Å²) in [6.45, 7) is 3.75. The number of nitrogens with one attached hydrogen (secondary N) is 3. The van der Waals surface area contributed by atoms with E-state index >= 15 is 0 Å². The van der Waals surface area contributed by atoms with Crippen molar-refractivity contribution in [1.29, 1.82) is 0 Å². The molecule has 0 atom stereocenters. The lowest BCUT2D eigenvalue weighted by Crippen LogP contribution is -2.34. The first-order valence-corrected chi connectivity index (χ1v) is 8.51. The summed E-state index contributed by atoms with van der Waals surface area (Å²) in [4.78, 5) is 27.7. The van der Waals surface area contributed by atoms with Gasteiger partial charge < -0.3 is 15.4 Å². The van der Waals surface area contributed by atoms with Crippen LogP contribution in [0.25, 0.3) is 10.9 Å². The highest BCUT2D eigenvalue weighted by Crippen LogP contribution is 2.27. The average molecular weight is 367 g/mol. The van der Waals surface area contributed by atoms with Crippen molar-refractivity contribution in [2.75, 3.05) is 12.4 Å². The third kappa shape index (κ3) is 4.35. The number of anilines is 1. The first kappa shape index (κ1) is 18.2. The van der Waals surface area contributed by atoms with Gasteiger partial charge in [-0.3, -0.25) is 9.88 Å². The Hall–Kier alpha value is -3.55. The quantitative estimate of drug-likeness (QED) is 0.657. The van der Waals surface area contributed by atoms with Crippen LogP contribution >= 0.6 is 0 Å². The van der Waals surface area contributed by atoms with Gasteiger partial charge in [-0.15, -0.1) is 0 Å². The fourth-order valence-corrected chi connectivity index (χ4v) is 2.58. The predicted molar refractivity (Wildman–Crippen MR) is 103 cm³/mol. The number of hydrogen-bond donors (Lipinski definition) is 3. The maximum Gasteiger partial charge on any atom is 0.325 e. The summed E-state index contributed by atoms with van der Waals surface area (Å²) in [6.07, 6.45) is 3.26. The molecule has 0 saturated carbocycles. The average Bonchev–Trinajstić information content (AvgIpc) is 3.03. The fraction of sp³-hybridized carbons (Fsp3) is 0.211. The molecule has 0 spiro atoms. The van der Waals surface area contributed by atoms with Crippen LogP contribution in [-0.4, -0.2) is 34.7 Å². The molecule has 8 heteroatoms. The SMILES string of the molecule is CNC(=O)n1ccc2cc(Oc3ccnc(NC(=O)NC(C)C)c3)ccc21. The number of fused-ring (bicyclic) bond motifs is 1. The van der Waals surface area contributed by atoms with Crippen LogP contribution in [0.15, 0.2) is 48.8 Å². The van der Waals surface area contributed by atoms with Gasteiger partial charge in [-0.1, -0.05) is 0 Å². The van der Waals surface area contributed by atoms with Gasteiger partial charge in [0.1, 0.15) is 17.3 Å². The van der Waals surface area contributed by atoms with Crippen molar-refractivity contribution in [1.82, 2.24) is 20.2 Å². The third-order valence-electron chi connectivity index (χ3n) is 3.72. The fourth-order valence-electron chi connectivity index (χ4n) is 2.58. The molecule has 140 valence electrons. The van der Waals surface area contributed by atoms with Gasteiger partial charge in [-0.25, -0.2) is 14.6 Å². The molecule has 0 fully saturated rings. The Kier molecular flexibility index (Phi) is 5.25. The zero-order valence-electron chi connectivity index (χ0n) is 15.3. The van der Waals surface area contributed by atoms with Gasteiger partial charge in [0.15, 0.2) is 0 Å². The predicted octanol–water partition coefficient (Wildman–Crippen LogP) is 3.55. The highest BCUT2D eigenvalue weighted by molar-refractivity contribution is 5.92. The molecule has 1 aromatic carbocycles. The zero-order valence-corrected chi connectivity index (χ0v) is 15.3. The van der Waals surface area contributed by atoms with Crippen LogP contribution < -0.4 is 20.7 Å². The van der Waals surface area contributed by atoms with E-state index in [0.29, 0.717) is 17.3 Å². The first-order valence-electron chi connectivity index (χ1n) is 8.51. The lowest BCUT2D eigenvalue weighted by molar-refractivity contribution is 0.245. The molecule has 2 heterocycles. The topological polar surface area (TPSA) is 97.3 Å². The normalized spacial score (nSPS) is 10.7. The molecule has 0 saturated heterocycles. The minimum Gasteiger partial charge on any atom is -0.457 e. The molecule has 3 N–H and O–H groups in total. The van der Waals surface area contributed by atoms with Crippen molar-refractivity contribution in [2.24, 2.45) is 0 Å². The molecule has 0 bridgehead atoms.